The van der Waals surface area contributed by atoms with Crippen LogP contribution in [-0.4, -0.2) is 43.7 Å². The van der Waals surface area contributed by atoms with E-state index in [1.807, 2.05) is 13.1 Å². The van der Waals surface area contributed by atoms with Crippen molar-refractivity contribution < 1.29 is 9.18 Å². The van der Waals surface area contributed by atoms with Crippen LogP contribution >= 0.6 is 0 Å². The highest BCUT2D eigenvalue weighted by atomic mass is 19.1. The minimum absolute atomic E-state index is 0.150. The summed E-state index contributed by atoms with van der Waals surface area (Å²) in [4.78, 5) is 19.5. The first kappa shape index (κ1) is 18.3. The summed E-state index contributed by atoms with van der Waals surface area (Å²) in [5.41, 5.74) is 3.92. The van der Waals surface area contributed by atoms with E-state index in [-0.39, 0.29) is 17.8 Å². The number of fused-ring (bicyclic) bond motifs is 2. The number of aromatic nitrogens is 4. The van der Waals surface area contributed by atoms with Crippen LogP contribution in [0.25, 0.3) is 5.70 Å². The van der Waals surface area contributed by atoms with Crippen molar-refractivity contribution in [2.75, 3.05) is 13.6 Å². The number of halogens is 1. The third-order valence-electron chi connectivity index (χ3n) is 6.02. The maximum absolute atomic E-state index is 14.4. The lowest BCUT2D eigenvalue weighted by Gasteiger charge is -2.31. The highest BCUT2D eigenvalue weighted by molar-refractivity contribution is 5.93. The Kier molecular flexibility index (Phi) is 4.58. The molecule has 0 saturated carbocycles. The molecule has 0 aromatic carbocycles. The van der Waals surface area contributed by atoms with Crippen molar-refractivity contribution >= 4 is 11.6 Å². The highest BCUT2D eigenvalue weighted by Gasteiger charge is 2.31. The van der Waals surface area contributed by atoms with Gasteiger partial charge in [0.2, 0.25) is 0 Å². The minimum atomic E-state index is -0.236. The van der Waals surface area contributed by atoms with Gasteiger partial charge < -0.3 is 9.88 Å². The van der Waals surface area contributed by atoms with Crippen molar-refractivity contribution in [3.05, 3.63) is 53.1 Å². The standard InChI is InChI=1S/C21H25FN6O/c1-26-11-16(25-21(29)20-18-8-4-5-9-27(18)13-23-20)14-10-24-28(19(14)12-26)17-7-3-2-6-15(17)22/h6-7,10,13,16H,2-5,8-9,11-12H2,1H3,(H,25,29). The molecule has 1 atom stereocenters. The number of carbonyl (C=O) groups is 1. The molecule has 152 valence electrons. The first-order chi connectivity index (χ1) is 14.1. The van der Waals surface area contributed by atoms with Gasteiger partial charge in [0, 0.05) is 25.2 Å². The molecule has 29 heavy (non-hydrogen) atoms. The number of nitrogens with one attached hydrogen (secondary N) is 1. The molecule has 4 heterocycles. The van der Waals surface area contributed by atoms with Crippen LogP contribution in [0.15, 0.2) is 30.5 Å². The number of rotatable bonds is 3. The van der Waals surface area contributed by atoms with Crippen molar-refractivity contribution in [1.29, 1.82) is 0 Å². The van der Waals surface area contributed by atoms with Crippen LogP contribution in [0.2, 0.25) is 0 Å². The fourth-order valence-electron chi connectivity index (χ4n) is 4.57. The average molecular weight is 396 g/mol. The number of imidazole rings is 1. The Morgan fingerprint density at radius 2 is 2.10 bits per heavy atom. The van der Waals surface area contributed by atoms with Crippen LogP contribution in [0.4, 0.5) is 4.39 Å². The molecule has 8 heteroatoms. The van der Waals surface area contributed by atoms with E-state index in [4.69, 9.17) is 0 Å². The van der Waals surface area contributed by atoms with E-state index >= 15 is 0 Å². The number of amides is 1. The summed E-state index contributed by atoms with van der Waals surface area (Å²) in [5, 5.41) is 7.61. The molecular formula is C21H25FN6O. The molecule has 5 rings (SSSR count). The Balaban J connectivity index is 1.43. The molecule has 3 aliphatic rings. The van der Waals surface area contributed by atoms with Gasteiger partial charge in [0.05, 0.1) is 35.7 Å². The van der Waals surface area contributed by atoms with Crippen molar-refractivity contribution in [1.82, 2.24) is 29.5 Å². The normalized spacial score (nSPS) is 21.8. The summed E-state index contributed by atoms with van der Waals surface area (Å²) in [5.74, 6) is -0.386. The van der Waals surface area contributed by atoms with Gasteiger partial charge in [-0.15, -0.1) is 0 Å². The molecule has 1 amide bonds. The van der Waals surface area contributed by atoms with Crippen LogP contribution in [-0.2, 0) is 19.5 Å². The Hall–Kier alpha value is -2.74. The van der Waals surface area contributed by atoms with Crippen LogP contribution in [0.5, 0.6) is 0 Å². The number of aryl methyl sites for hydroxylation is 1. The van der Waals surface area contributed by atoms with Gasteiger partial charge in [0.1, 0.15) is 11.5 Å². The second-order valence-corrected chi connectivity index (χ2v) is 8.09. The van der Waals surface area contributed by atoms with Gasteiger partial charge in [-0.1, -0.05) is 6.08 Å². The third kappa shape index (κ3) is 3.21. The summed E-state index contributed by atoms with van der Waals surface area (Å²) in [7, 11) is 2.00. The smallest absolute Gasteiger partial charge is 0.272 e. The number of hydrogen-bond donors (Lipinski definition) is 1. The van der Waals surface area contributed by atoms with Crippen LogP contribution in [0.3, 0.4) is 0 Å². The predicted molar refractivity (Wildman–Crippen MR) is 107 cm³/mol. The van der Waals surface area contributed by atoms with Crippen LogP contribution in [0, 0.1) is 0 Å². The molecule has 0 radical (unpaired) electrons. The minimum Gasteiger partial charge on any atom is -0.342 e. The maximum atomic E-state index is 14.4. The Morgan fingerprint density at radius 1 is 1.24 bits per heavy atom. The molecule has 0 saturated heterocycles. The number of nitrogens with zero attached hydrogens (tertiary/aromatic N) is 5. The monoisotopic (exact) mass is 396 g/mol. The molecular weight excluding hydrogens is 371 g/mol. The summed E-state index contributed by atoms with van der Waals surface area (Å²) in [6.45, 7) is 2.26. The van der Waals surface area contributed by atoms with Crippen molar-refractivity contribution in [3.63, 3.8) is 0 Å². The second-order valence-electron chi connectivity index (χ2n) is 8.09. The summed E-state index contributed by atoms with van der Waals surface area (Å²) in [6, 6.07) is -0.206. The second kappa shape index (κ2) is 7.26. The van der Waals surface area contributed by atoms with Gasteiger partial charge >= 0.3 is 0 Å². The molecule has 0 bridgehead atoms. The fraction of sp³-hybridized carbons (Fsp3) is 0.476. The van der Waals surface area contributed by atoms with E-state index in [0.29, 0.717) is 30.9 Å². The van der Waals surface area contributed by atoms with E-state index in [9.17, 15) is 9.18 Å². The fourth-order valence-corrected chi connectivity index (χ4v) is 4.57. The zero-order valence-electron chi connectivity index (χ0n) is 16.6. The van der Waals surface area contributed by atoms with Crippen molar-refractivity contribution in [3.8, 4) is 0 Å². The lowest BCUT2D eigenvalue weighted by Crippen LogP contribution is -2.41. The summed E-state index contributed by atoms with van der Waals surface area (Å²) < 4.78 is 18.1. The van der Waals surface area contributed by atoms with Crippen molar-refractivity contribution in [2.45, 2.75) is 51.2 Å². The van der Waals surface area contributed by atoms with Gasteiger partial charge in [0.15, 0.2) is 0 Å². The van der Waals surface area contributed by atoms with Gasteiger partial charge in [-0.25, -0.2) is 14.1 Å². The SMILES string of the molecule is CN1Cc2c(cnn2C2=CCCC=C2F)C(NC(=O)c2ncn3c2CCCC3)C1. The first-order valence-electron chi connectivity index (χ1n) is 10.3. The van der Waals surface area contributed by atoms with E-state index in [2.05, 4.69) is 24.9 Å². The van der Waals surface area contributed by atoms with Crippen LogP contribution in [0.1, 0.15) is 59.2 Å². The number of hydrogen-bond acceptors (Lipinski definition) is 4. The quantitative estimate of drug-likeness (QED) is 0.866. The highest BCUT2D eigenvalue weighted by Crippen LogP contribution is 2.32. The van der Waals surface area contributed by atoms with E-state index in [1.165, 1.54) is 0 Å². The lowest BCUT2D eigenvalue weighted by atomic mass is 10.0. The van der Waals surface area contributed by atoms with Gasteiger partial charge in [-0.3, -0.25) is 9.69 Å². The molecule has 1 unspecified atom stereocenters. The van der Waals surface area contributed by atoms with Crippen molar-refractivity contribution in [2.24, 2.45) is 0 Å². The number of allylic oxidation sites excluding steroid dienone is 4. The first-order valence-corrected chi connectivity index (χ1v) is 10.3. The Morgan fingerprint density at radius 3 is 2.97 bits per heavy atom. The average Bonchev–Trinajstić information content (AvgIpc) is 3.33. The molecule has 2 aliphatic heterocycles. The van der Waals surface area contributed by atoms with Crippen LogP contribution < -0.4 is 5.32 Å². The van der Waals surface area contributed by atoms with E-state index < -0.39 is 0 Å². The molecule has 7 nitrogen and oxygen atoms in total. The maximum Gasteiger partial charge on any atom is 0.272 e. The molecule has 0 spiro atoms. The van der Waals surface area contributed by atoms with Gasteiger partial charge in [-0.2, -0.15) is 5.10 Å². The molecule has 1 aliphatic carbocycles. The predicted octanol–water partition coefficient (Wildman–Crippen LogP) is 2.82. The van der Waals surface area contributed by atoms with Gasteiger partial charge in [-0.05, 0) is 45.2 Å². The lowest BCUT2D eigenvalue weighted by molar-refractivity contribution is 0.0915. The Bertz CT molecular complexity index is 1020. The Labute approximate surface area is 168 Å². The zero-order valence-corrected chi connectivity index (χ0v) is 16.6. The molecule has 2 aromatic heterocycles. The molecule has 1 N–H and O–H groups in total. The van der Waals surface area contributed by atoms with E-state index in [0.717, 1.165) is 49.2 Å². The summed E-state index contributed by atoms with van der Waals surface area (Å²) in [6.07, 6.45) is 11.6. The molecule has 2 aromatic rings. The topological polar surface area (TPSA) is 68.0 Å². The van der Waals surface area contributed by atoms with E-state index in [1.54, 1.807) is 23.3 Å². The van der Waals surface area contributed by atoms with Gasteiger partial charge in [0.25, 0.3) is 5.91 Å². The molecule has 0 fully saturated rings. The number of carbonyl (C=O) groups excluding carboxylic acids is 1. The zero-order chi connectivity index (χ0) is 20.0. The summed E-state index contributed by atoms with van der Waals surface area (Å²) >= 11 is 0. The third-order valence-corrected chi connectivity index (χ3v) is 6.02. The largest absolute Gasteiger partial charge is 0.342 e. The number of likely N-dealkylation sites (N-methyl/N-ethyl adjacent to an activating group) is 1.